The van der Waals surface area contributed by atoms with Gasteiger partial charge in [0.2, 0.25) is 5.91 Å². The van der Waals surface area contributed by atoms with Crippen molar-refractivity contribution in [3.05, 3.63) is 59.7 Å². The van der Waals surface area contributed by atoms with E-state index in [2.05, 4.69) is 29.6 Å². The fourth-order valence-electron chi connectivity index (χ4n) is 5.13. The Bertz CT molecular complexity index is 1040. The van der Waals surface area contributed by atoms with Crippen molar-refractivity contribution in [2.24, 2.45) is 5.41 Å². The highest BCUT2D eigenvalue weighted by atomic mass is 16.5. The van der Waals surface area contributed by atoms with Crippen LogP contribution in [0.15, 0.2) is 48.5 Å². The molecule has 1 heterocycles. The second-order valence-corrected chi connectivity index (χ2v) is 9.49. The van der Waals surface area contributed by atoms with Gasteiger partial charge in [-0.3, -0.25) is 9.59 Å². The molecule has 4 rings (SSSR count). The third-order valence-corrected chi connectivity index (χ3v) is 7.31. The number of ether oxygens (including phenoxy) is 1. The van der Waals surface area contributed by atoms with Crippen LogP contribution in [-0.2, 0) is 14.3 Å². The first-order valence-electron chi connectivity index (χ1n) is 12.0. The van der Waals surface area contributed by atoms with Gasteiger partial charge in [-0.15, -0.1) is 0 Å². The molecule has 7 heteroatoms. The van der Waals surface area contributed by atoms with E-state index in [1.807, 2.05) is 38.1 Å². The summed E-state index contributed by atoms with van der Waals surface area (Å²) in [6.45, 7) is 4.62. The molecule has 1 aliphatic carbocycles. The van der Waals surface area contributed by atoms with Gasteiger partial charge in [-0.1, -0.05) is 55.5 Å². The topological polar surface area (TPSA) is 95.9 Å². The predicted molar refractivity (Wildman–Crippen MR) is 128 cm³/mol. The summed E-state index contributed by atoms with van der Waals surface area (Å²) < 4.78 is 5.61. The quantitative estimate of drug-likeness (QED) is 0.603. The lowest BCUT2D eigenvalue weighted by Gasteiger charge is -2.34. The Balaban J connectivity index is 1.37. The number of likely N-dealkylation sites (tertiary alicyclic amines) is 1. The predicted octanol–water partition coefficient (Wildman–Crippen LogP) is 4.41. The van der Waals surface area contributed by atoms with Crippen LogP contribution in [0.1, 0.15) is 56.6 Å². The summed E-state index contributed by atoms with van der Waals surface area (Å²) >= 11 is 0. The van der Waals surface area contributed by atoms with Gasteiger partial charge in [-0.2, -0.15) is 0 Å². The second-order valence-electron chi connectivity index (χ2n) is 9.49. The zero-order valence-electron chi connectivity index (χ0n) is 19.8. The summed E-state index contributed by atoms with van der Waals surface area (Å²) in [5, 5.41) is 12.0. The number of aliphatic carboxylic acids is 1. The molecule has 1 aliphatic heterocycles. The van der Waals surface area contributed by atoms with Gasteiger partial charge in [0.25, 0.3) is 0 Å². The van der Waals surface area contributed by atoms with E-state index in [9.17, 15) is 14.4 Å². The molecule has 0 radical (unpaired) electrons. The van der Waals surface area contributed by atoms with Gasteiger partial charge in [0, 0.05) is 25.0 Å². The van der Waals surface area contributed by atoms with Crippen LogP contribution in [0.25, 0.3) is 11.1 Å². The van der Waals surface area contributed by atoms with Crippen molar-refractivity contribution in [2.45, 2.75) is 51.5 Å². The van der Waals surface area contributed by atoms with Crippen LogP contribution in [0.2, 0.25) is 0 Å². The Morgan fingerprint density at radius 3 is 2.29 bits per heavy atom. The Kier molecular flexibility index (Phi) is 6.91. The van der Waals surface area contributed by atoms with Gasteiger partial charge in [0.1, 0.15) is 6.61 Å². The molecule has 180 valence electrons. The highest BCUT2D eigenvalue weighted by Crippen LogP contribution is 2.44. The van der Waals surface area contributed by atoms with E-state index >= 15 is 0 Å². The first-order chi connectivity index (χ1) is 16.3. The highest BCUT2D eigenvalue weighted by Gasteiger charge is 2.40. The summed E-state index contributed by atoms with van der Waals surface area (Å²) in [5.41, 5.74) is 3.79. The zero-order chi connectivity index (χ0) is 24.3. The Morgan fingerprint density at radius 2 is 1.71 bits per heavy atom. The molecule has 2 aromatic carbocycles. The van der Waals surface area contributed by atoms with Gasteiger partial charge in [-0.25, -0.2) is 4.79 Å². The second kappa shape index (κ2) is 9.87. The molecular weight excluding hydrogens is 432 g/mol. The van der Waals surface area contributed by atoms with Crippen molar-refractivity contribution >= 4 is 18.0 Å². The Morgan fingerprint density at radius 1 is 1.09 bits per heavy atom. The van der Waals surface area contributed by atoms with Crippen LogP contribution in [0.3, 0.4) is 0 Å². The molecule has 7 nitrogen and oxygen atoms in total. The average molecular weight is 465 g/mol. The van der Waals surface area contributed by atoms with E-state index in [0.29, 0.717) is 19.4 Å². The van der Waals surface area contributed by atoms with E-state index in [1.54, 1.807) is 4.90 Å². The van der Waals surface area contributed by atoms with E-state index in [1.165, 1.54) is 0 Å². The number of carbonyl (C=O) groups excluding carboxylic acids is 2. The Hall–Kier alpha value is -3.35. The zero-order valence-corrected chi connectivity index (χ0v) is 19.8. The number of carboxylic acids is 1. The lowest BCUT2D eigenvalue weighted by molar-refractivity contribution is -0.144. The van der Waals surface area contributed by atoms with Crippen molar-refractivity contribution < 1.29 is 24.2 Å². The molecule has 0 aromatic heterocycles. The number of fused-ring (bicyclic) bond motifs is 3. The number of hydrogen-bond donors (Lipinski definition) is 2. The fourth-order valence-corrected chi connectivity index (χ4v) is 5.13. The lowest BCUT2D eigenvalue weighted by atomic mass is 9.85. The maximum Gasteiger partial charge on any atom is 0.407 e. The summed E-state index contributed by atoms with van der Waals surface area (Å²) in [5.74, 6) is -1.05. The van der Waals surface area contributed by atoms with Gasteiger partial charge in [0.15, 0.2) is 0 Å². The third-order valence-electron chi connectivity index (χ3n) is 7.31. The lowest BCUT2D eigenvalue weighted by Crippen LogP contribution is -2.50. The molecule has 0 saturated carbocycles. The minimum atomic E-state index is -0.903. The maximum absolute atomic E-state index is 13.3. The normalized spacial score (nSPS) is 18.6. The summed E-state index contributed by atoms with van der Waals surface area (Å²) in [6.07, 6.45) is 1.40. The van der Waals surface area contributed by atoms with Crippen molar-refractivity contribution in [2.75, 3.05) is 19.7 Å². The Labute approximate surface area is 200 Å². The smallest absolute Gasteiger partial charge is 0.407 e. The van der Waals surface area contributed by atoms with Crippen molar-refractivity contribution in [1.29, 1.82) is 0 Å². The number of nitrogens with one attached hydrogen (secondary N) is 1. The van der Waals surface area contributed by atoms with Crippen molar-refractivity contribution in [3.8, 4) is 11.1 Å². The van der Waals surface area contributed by atoms with E-state index in [0.717, 1.165) is 28.7 Å². The highest BCUT2D eigenvalue weighted by molar-refractivity contribution is 5.84. The van der Waals surface area contributed by atoms with Gasteiger partial charge < -0.3 is 20.1 Å². The molecular formula is C27H32N2O5. The first kappa shape index (κ1) is 23.8. The number of nitrogens with zero attached hydrogens (tertiary/aromatic N) is 1. The molecule has 34 heavy (non-hydrogen) atoms. The molecule has 1 fully saturated rings. The number of amides is 2. The molecule has 1 unspecified atom stereocenters. The minimum Gasteiger partial charge on any atom is -0.481 e. The number of carbonyl (C=O) groups is 3. The molecule has 1 saturated heterocycles. The van der Waals surface area contributed by atoms with Gasteiger partial charge in [-0.05, 0) is 48.4 Å². The maximum atomic E-state index is 13.3. The van der Waals surface area contributed by atoms with Crippen molar-refractivity contribution in [1.82, 2.24) is 10.2 Å². The van der Waals surface area contributed by atoms with Crippen molar-refractivity contribution in [3.63, 3.8) is 0 Å². The van der Waals surface area contributed by atoms with Crippen LogP contribution in [0.4, 0.5) is 4.79 Å². The van der Waals surface area contributed by atoms with Gasteiger partial charge >= 0.3 is 12.1 Å². The minimum absolute atomic E-state index is 0.0290. The average Bonchev–Trinajstić information content (AvgIpc) is 3.42. The summed E-state index contributed by atoms with van der Waals surface area (Å²) in [6, 6.07) is 16.0. The molecule has 2 N–H and O–H groups in total. The SMILES string of the molecule is CCC(C)(CNC(=O)OCC1c2ccccc2-c2ccccc21)C(=O)N1CCC[C@@H]1CC(=O)O. The third kappa shape index (κ3) is 4.65. The number of benzene rings is 2. The molecule has 2 aliphatic rings. The fraction of sp³-hybridized carbons (Fsp3) is 0.444. The van der Waals surface area contributed by atoms with Crippen LogP contribution in [0, 0.1) is 5.41 Å². The largest absolute Gasteiger partial charge is 0.481 e. The number of alkyl carbamates (subject to hydrolysis) is 1. The van der Waals surface area contributed by atoms with Gasteiger partial charge in [0.05, 0.1) is 11.8 Å². The van der Waals surface area contributed by atoms with Crippen LogP contribution < -0.4 is 5.32 Å². The number of hydrogen-bond acceptors (Lipinski definition) is 4. The standard InChI is InChI=1S/C27H32N2O5/c1-3-27(2,25(32)29-14-8-9-18(29)15-24(30)31)17-28-26(33)34-16-23-21-12-6-4-10-19(21)20-11-5-7-13-22(20)23/h4-7,10-13,18,23H,3,8-9,14-17H2,1-2H3,(H,28,33)(H,30,31)/t18-,27?/m1/s1. The van der Waals surface area contributed by atoms with Crippen LogP contribution >= 0.6 is 0 Å². The monoisotopic (exact) mass is 464 g/mol. The molecule has 2 amide bonds. The number of carboxylic acid groups (broad SMARTS) is 1. The molecule has 2 atom stereocenters. The van der Waals surface area contributed by atoms with E-state index in [-0.39, 0.29) is 37.4 Å². The van der Waals surface area contributed by atoms with Crippen LogP contribution in [0.5, 0.6) is 0 Å². The van der Waals surface area contributed by atoms with Crippen LogP contribution in [-0.4, -0.2) is 53.7 Å². The first-order valence-corrected chi connectivity index (χ1v) is 12.0. The van der Waals surface area contributed by atoms with E-state index < -0.39 is 17.5 Å². The number of rotatable bonds is 8. The molecule has 0 spiro atoms. The summed E-state index contributed by atoms with van der Waals surface area (Å²) in [4.78, 5) is 38.7. The molecule has 2 aromatic rings. The molecule has 0 bridgehead atoms. The van der Waals surface area contributed by atoms with E-state index in [4.69, 9.17) is 9.84 Å². The summed E-state index contributed by atoms with van der Waals surface area (Å²) in [7, 11) is 0.